The molecule has 0 rings (SSSR count). The Kier molecular flexibility index (Phi) is 11.1. The summed E-state index contributed by atoms with van der Waals surface area (Å²) in [6.07, 6.45) is 0.882. The summed E-state index contributed by atoms with van der Waals surface area (Å²) in [7, 11) is 0. The number of amides is 2. The maximum atomic E-state index is 12.4. The highest BCUT2D eigenvalue weighted by atomic mass is 16.6. The molecule has 0 fully saturated rings. The predicted molar refractivity (Wildman–Crippen MR) is 110 cm³/mol. The van der Waals surface area contributed by atoms with E-state index in [0.717, 1.165) is 12.8 Å². The molecule has 0 bridgehead atoms. The Labute approximate surface area is 173 Å². The molecule has 0 aromatic carbocycles. The third-order valence-corrected chi connectivity index (χ3v) is 4.11. The first kappa shape index (κ1) is 27.0. The second-order valence-electron chi connectivity index (χ2n) is 9.72. The molecule has 0 spiro atoms. The Morgan fingerprint density at radius 3 is 1.28 bits per heavy atom. The fraction of sp³-hybridized carbons (Fsp3) is 0.800. The van der Waals surface area contributed by atoms with Gasteiger partial charge in [-0.3, -0.25) is 9.59 Å². The molecule has 2 amide bonds. The van der Waals surface area contributed by atoms with Gasteiger partial charge in [-0.05, 0) is 36.8 Å². The average molecular weight is 415 g/mol. The Morgan fingerprint density at radius 1 is 0.724 bits per heavy atom. The highest BCUT2D eigenvalue weighted by Gasteiger charge is 2.29. The number of hydrogen-bond donors (Lipinski definition) is 4. The van der Waals surface area contributed by atoms with E-state index in [2.05, 4.69) is 10.6 Å². The first-order valence-electron chi connectivity index (χ1n) is 9.89. The molecule has 0 saturated heterocycles. The highest BCUT2D eigenvalue weighted by molar-refractivity contribution is 5.94. The quantitative estimate of drug-likeness (QED) is 0.269. The van der Waals surface area contributed by atoms with Crippen LogP contribution in [0, 0.1) is 10.8 Å². The van der Waals surface area contributed by atoms with Gasteiger partial charge in [0.1, 0.15) is 12.1 Å². The normalized spacial score (nSPS) is 14.1. The number of nitrogens with two attached hydrogens (primary N) is 2. The minimum Gasteiger partial charge on any atom is -0.391 e. The summed E-state index contributed by atoms with van der Waals surface area (Å²) >= 11 is 0. The maximum absolute atomic E-state index is 12.4. The van der Waals surface area contributed by atoms with Crippen molar-refractivity contribution in [2.24, 2.45) is 22.3 Å². The van der Waals surface area contributed by atoms with Crippen LogP contribution in [0.25, 0.3) is 0 Å². The van der Waals surface area contributed by atoms with Crippen LogP contribution in [-0.4, -0.2) is 48.9 Å². The highest BCUT2D eigenvalue weighted by Crippen LogP contribution is 2.18. The maximum Gasteiger partial charge on any atom is 0.331 e. The lowest BCUT2D eigenvalue weighted by Crippen LogP contribution is -2.47. The standard InChI is InChI=1S/C20H38N4O5/c1-19(2,3)7-9-23-13(11-15(21)25)17(27)29-18(28)14(12-16(22)26)24-10-8-20(4,5)6/h13-14,23-24H,7-12H2,1-6H3,(H2,21,25)(H2,22,26)/t13-,14-/m0/s1. The topological polar surface area (TPSA) is 154 Å². The van der Waals surface area contributed by atoms with Gasteiger partial charge in [-0.1, -0.05) is 41.5 Å². The minimum absolute atomic E-state index is 0.0214. The van der Waals surface area contributed by atoms with Crippen molar-refractivity contribution in [3.63, 3.8) is 0 Å². The van der Waals surface area contributed by atoms with Crippen molar-refractivity contribution in [3.05, 3.63) is 0 Å². The molecule has 0 aromatic rings. The molecule has 0 saturated carbocycles. The monoisotopic (exact) mass is 414 g/mol. The average Bonchev–Trinajstić information content (AvgIpc) is 2.49. The molecule has 0 aliphatic rings. The first-order valence-corrected chi connectivity index (χ1v) is 9.89. The number of hydrogen-bond acceptors (Lipinski definition) is 7. The van der Waals surface area contributed by atoms with Gasteiger partial charge in [0, 0.05) is 0 Å². The van der Waals surface area contributed by atoms with Crippen molar-refractivity contribution >= 4 is 23.8 Å². The van der Waals surface area contributed by atoms with Crippen molar-refractivity contribution in [2.75, 3.05) is 13.1 Å². The molecule has 0 aliphatic carbocycles. The van der Waals surface area contributed by atoms with E-state index in [4.69, 9.17) is 16.2 Å². The smallest absolute Gasteiger partial charge is 0.331 e. The van der Waals surface area contributed by atoms with Gasteiger partial charge in [-0.15, -0.1) is 0 Å². The van der Waals surface area contributed by atoms with Gasteiger partial charge >= 0.3 is 11.9 Å². The fourth-order valence-corrected chi connectivity index (χ4v) is 2.36. The second kappa shape index (κ2) is 11.9. The molecule has 6 N–H and O–H groups in total. The number of rotatable bonds is 12. The molecule has 29 heavy (non-hydrogen) atoms. The van der Waals surface area contributed by atoms with Gasteiger partial charge in [0.05, 0.1) is 12.8 Å². The Bertz CT molecular complexity index is 528. The van der Waals surface area contributed by atoms with Crippen LogP contribution in [0.5, 0.6) is 0 Å². The van der Waals surface area contributed by atoms with Crippen LogP contribution in [0.1, 0.15) is 67.2 Å². The van der Waals surface area contributed by atoms with E-state index in [9.17, 15) is 19.2 Å². The third kappa shape index (κ3) is 14.6. The van der Waals surface area contributed by atoms with Gasteiger partial charge in [0.2, 0.25) is 11.8 Å². The summed E-state index contributed by atoms with van der Waals surface area (Å²) < 4.78 is 4.92. The lowest BCUT2D eigenvalue weighted by Gasteiger charge is -2.23. The summed E-state index contributed by atoms with van der Waals surface area (Å²) in [5, 5.41) is 5.83. The summed E-state index contributed by atoms with van der Waals surface area (Å²) in [4.78, 5) is 47.4. The molecule has 0 aromatic heterocycles. The van der Waals surface area contributed by atoms with Gasteiger partial charge in [-0.25, -0.2) is 9.59 Å². The number of ether oxygens (including phenoxy) is 1. The second-order valence-corrected chi connectivity index (χ2v) is 9.72. The molecule has 2 atom stereocenters. The van der Waals surface area contributed by atoms with Crippen LogP contribution in [0.3, 0.4) is 0 Å². The van der Waals surface area contributed by atoms with Crippen molar-refractivity contribution in [1.82, 2.24) is 10.6 Å². The predicted octanol–water partition coefficient (Wildman–Crippen LogP) is 0.596. The number of carbonyl (C=O) groups is 4. The zero-order valence-electron chi connectivity index (χ0n) is 18.6. The Balaban J connectivity index is 4.97. The molecule has 168 valence electrons. The lowest BCUT2D eigenvalue weighted by atomic mass is 9.92. The van der Waals surface area contributed by atoms with Crippen LogP contribution in [0.2, 0.25) is 0 Å². The van der Waals surface area contributed by atoms with Crippen molar-refractivity contribution in [1.29, 1.82) is 0 Å². The summed E-state index contributed by atoms with van der Waals surface area (Å²) in [5.74, 6) is -3.20. The van der Waals surface area contributed by atoms with E-state index in [-0.39, 0.29) is 23.7 Å². The number of nitrogens with one attached hydrogen (secondary N) is 2. The van der Waals surface area contributed by atoms with E-state index >= 15 is 0 Å². The van der Waals surface area contributed by atoms with Crippen LogP contribution in [0.15, 0.2) is 0 Å². The van der Waals surface area contributed by atoms with Gasteiger partial charge in [0.25, 0.3) is 0 Å². The third-order valence-electron chi connectivity index (χ3n) is 4.11. The summed E-state index contributed by atoms with van der Waals surface area (Å²) in [6.45, 7) is 13.1. The van der Waals surface area contributed by atoms with Gasteiger partial charge in [0.15, 0.2) is 0 Å². The summed E-state index contributed by atoms with van der Waals surface area (Å²) in [6, 6.07) is -2.08. The lowest BCUT2D eigenvalue weighted by molar-refractivity contribution is -0.164. The molecular weight excluding hydrogens is 376 g/mol. The molecule has 9 heteroatoms. The van der Waals surface area contributed by atoms with Crippen molar-refractivity contribution in [2.45, 2.75) is 79.3 Å². The molecule has 9 nitrogen and oxygen atoms in total. The number of esters is 2. The van der Waals surface area contributed by atoms with Crippen molar-refractivity contribution < 1.29 is 23.9 Å². The molecule has 0 heterocycles. The van der Waals surface area contributed by atoms with Crippen LogP contribution in [-0.2, 0) is 23.9 Å². The van der Waals surface area contributed by atoms with E-state index in [0.29, 0.717) is 13.1 Å². The van der Waals surface area contributed by atoms with E-state index in [1.807, 2.05) is 41.5 Å². The zero-order valence-corrected chi connectivity index (χ0v) is 18.6. The summed E-state index contributed by atoms with van der Waals surface area (Å²) in [5.41, 5.74) is 10.5. The number of primary amides is 2. The SMILES string of the molecule is CC(C)(C)CCN[C@@H](CC(N)=O)C(=O)OC(=O)[C@H](CC(N)=O)NCCC(C)(C)C. The molecular formula is C20H38N4O5. The Morgan fingerprint density at radius 2 is 1.03 bits per heavy atom. The molecule has 0 radical (unpaired) electrons. The minimum atomic E-state index is -1.04. The van der Waals surface area contributed by atoms with Gasteiger partial charge < -0.3 is 26.8 Å². The van der Waals surface area contributed by atoms with Crippen LogP contribution in [0.4, 0.5) is 0 Å². The zero-order chi connectivity index (χ0) is 22.8. The largest absolute Gasteiger partial charge is 0.391 e. The van der Waals surface area contributed by atoms with Crippen LogP contribution >= 0.6 is 0 Å². The van der Waals surface area contributed by atoms with E-state index in [1.165, 1.54) is 0 Å². The van der Waals surface area contributed by atoms with Gasteiger partial charge in [-0.2, -0.15) is 0 Å². The van der Waals surface area contributed by atoms with E-state index < -0.39 is 35.8 Å². The van der Waals surface area contributed by atoms with E-state index in [1.54, 1.807) is 0 Å². The Hall–Kier alpha value is -2.00. The number of carbonyl (C=O) groups excluding carboxylic acids is 4. The molecule has 0 unspecified atom stereocenters. The van der Waals surface area contributed by atoms with Crippen LogP contribution < -0.4 is 22.1 Å². The van der Waals surface area contributed by atoms with Crippen molar-refractivity contribution in [3.8, 4) is 0 Å². The first-order chi connectivity index (χ1) is 13.1. The molecule has 0 aliphatic heterocycles. The fourth-order valence-electron chi connectivity index (χ4n) is 2.36.